The van der Waals surface area contributed by atoms with E-state index in [4.69, 9.17) is 0 Å². The van der Waals surface area contributed by atoms with Crippen LogP contribution in [0.25, 0.3) is 11.1 Å². The largest absolute Gasteiger partial charge is 0.508 e. The highest BCUT2D eigenvalue weighted by molar-refractivity contribution is 5.93. The third-order valence-electron chi connectivity index (χ3n) is 7.93. The summed E-state index contributed by atoms with van der Waals surface area (Å²) in [7, 11) is 9.15. The van der Waals surface area contributed by atoms with Gasteiger partial charge in [0.25, 0.3) is 0 Å². The zero-order valence-electron chi connectivity index (χ0n) is 26.6. The van der Waals surface area contributed by atoms with Crippen LogP contribution in [0.15, 0.2) is 36.4 Å². The number of hydrogen-bond donors (Lipinski definition) is 7. The number of amides is 3. The summed E-state index contributed by atoms with van der Waals surface area (Å²) < 4.78 is 0. The second-order valence-electron chi connectivity index (χ2n) is 11.5. The first kappa shape index (κ1) is 34.8. The van der Waals surface area contributed by atoms with Crippen molar-refractivity contribution >= 4 is 17.7 Å². The van der Waals surface area contributed by atoms with Crippen molar-refractivity contribution in [2.24, 2.45) is 0 Å². The Labute approximate surface area is 260 Å². The standard InChI is InChI=1S/C32H49N7O5/c1-33-12-6-7-25-30(42)37-27(32(44)39(14-13-34-2)16-15-38(4)5)20-24-18-22(9-11-29(24)41)21-8-10-28(40)23(17-21)19-26(35-3)31(43)36-25/h8-11,17-18,25-27,33-35,40-41H,6-7,12-16,19-20H2,1-5H3,(H,36,43)(H,37,42)/t25-,26-,27-/m0/s1. The quantitative estimate of drug-likeness (QED) is 0.165. The van der Waals surface area contributed by atoms with Crippen LogP contribution in [0, 0.1) is 0 Å². The molecule has 0 aromatic heterocycles. The summed E-state index contributed by atoms with van der Waals surface area (Å²) >= 11 is 0. The number of carbonyl (C=O) groups excluding carboxylic acids is 3. The van der Waals surface area contributed by atoms with Crippen molar-refractivity contribution in [1.82, 2.24) is 36.4 Å². The molecule has 242 valence electrons. The minimum atomic E-state index is -0.994. The summed E-state index contributed by atoms with van der Waals surface area (Å²) in [5.74, 6) is -1.08. The molecule has 2 aromatic carbocycles. The molecule has 3 atom stereocenters. The monoisotopic (exact) mass is 611 g/mol. The third kappa shape index (κ3) is 9.65. The van der Waals surface area contributed by atoms with E-state index in [0.29, 0.717) is 56.7 Å². The Balaban J connectivity index is 2.12. The van der Waals surface area contributed by atoms with E-state index in [-0.39, 0.29) is 36.2 Å². The summed E-state index contributed by atoms with van der Waals surface area (Å²) in [6, 6.07) is 7.69. The molecule has 0 fully saturated rings. The van der Waals surface area contributed by atoms with Gasteiger partial charge in [0, 0.05) is 39.0 Å². The molecule has 0 radical (unpaired) electrons. The van der Waals surface area contributed by atoms with Crippen LogP contribution in [0.2, 0.25) is 0 Å². The first-order chi connectivity index (χ1) is 21.1. The number of fused-ring (bicyclic) bond motifs is 5. The fourth-order valence-corrected chi connectivity index (χ4v) is 5.24. The molecule has 12 nitrogen and oxygen atoms in total. The average molecular weight is 612 g/mol. The predicted octanol–water partition coefficient (Wildman–Crippen LogP) is 0.0302. The van der Waals surface area contributed by atoms with Gasteiger partial charge in [0.1, 0.15) is 23.6 Å². The van der Waals surface area contributed by atoms with Crippen molar-refractivity contribution in [2.75, 3.05) is 68.0 Å². The van der Waals surface area contributed by atoms with Crippen LogP contribution < -0.4 is 26.6 Å². The Morgan fingerprint density at radius 1 is 0.841 bits per heavy atom. The van der Waals surface area contributed by atoms with Gasteiger partial charge < -0.3 is 46.6 Å². The van der Waals surface area contributed by atoms with Gasteiger partial charge in [0.05, 0.1) is 6.04 Å². The minimum absolute atomic E-state index is 0.00769. The van der Waals surface area contributed by atoms with Crippen LogP contribution in [0.3, 0.4) is 0 Å². The number of hydrogen-bond acceptors (Lipinski definition) is 9. The highest BCUT2D eigenvalue weighted by Gasteiger charge is 2.32. The molecule has 1 aliphatic heterocycles. The molecule has 0 saturated carbocycles. The Kier molecular flexibility index (Phi) is 13.4. The van der Waals surface area contributed by atoms with Gasteiger partial charge in [-0.15, -0.1) is 0 Å². The van der Waals surface area contributed by atoms with Gasteiger partial charge in [0.2, 0.25) is 17.7 Å². The number of nitrogens with zero attached hydrogens (tertiary/aromatic N) is 2. The highest BCUT2D eigenvalue weighted by Crippen LogP contribution is 2.31. The molecule has 0 spiro atoms. The maximum Gasteiger partial charge on any atom is 0.245 e. The molecule has 12 heteroatoms. The molecule has 0 aliphatic carbocycles. The summed E-state index contributed by atoms with van der Waals surface area (Å²) in [5.41, 5.74) is 2.60. The lowest BCUT2D eigenvalue weighted by atomic mass is 9.95. The van der Waals surface area contributed by atoms with Crippen molar-refractivity contribution in [3.05, 3.63) is 47.5 Å². The van der Waals surface area contributed by atoms with E-state index in [2.05, 4.69) is 26.6 Å². The first-order valence-corrected chi connectivity index (χ1v) is 15.2. The molecule has 0 saturated heterocycles. The zero-order chi connectivity index (χ0) is 32.2. The van der Waals surface area contributed by atoms with Crippen LogP contribution in [-0.2, 0) is 27.2 Å². The Morgan fingerprint density at radius 3 is 2.02 bits per heavy atom. The Morgan fingerprint density at radius 2 is 1.45 bits per heavy atom. The lowest BCUT2D eigenvalue weighted by molar-refractivity contribution is -0.137. The van der Waals surface area contributed by atoms with Crippen LogP contribution in [0.1, 0.15) is 24.0 Å². The summed E-state index contributed by atoms with van der Waals surface area (Å²) in [6.07, 6.45) is 1.19. The summed E-state index contributed by atoms with van der Waals surface area (Å²) in [6.45, 7) is 2.73. The average Bonchev–Trinajstić information content (AvgIpc) is 3.00. The minimum Gasteiger partial charge on any atom is -0.508 e. The van der Waals surface area contributed by atoms with Gasteiger partial charge in [-0.1, -0.05) is 12.1 Å². The van der Waals surface area contributed by atoms with Crippen molar-refractivity contribution in [3.8, 4) is 22.6 Å². The third-order valence-corrected chi connectivity index (χ3v) is 7.93. The molecule has 4 bridgehead atoms. The first-order valence-electron chi connectivity index (χ1n) is 15.2. The maximum absolute atomic E-state index is 14.1. The fourth-order valence-electron chi connectivity index (χ4n) is 5.24. The van der Waals surface area contributed by atoms with Gasteiger partial charge in [0.15, 0.2) is 0 Å². The topological polar surface area (TPSA) is 158 Å². The van der Waals surface area contributed by atoms with E-state index < -0.39 is 24.0 Å². The van der Waals surface area contributed by atoms with E-state index in [0.717, 1.165) is 11.1 Å². The van der Waals surface area contributed by atoms with E-state index in [1.54, 1.807) is 42.3 Å². The number of rotatable bonds is 12. The van der Waals surface area contributed by atoms with Crippen molar-refractivity contribution < 1.29 is 24.6 Å². The number of phenolic OH excluding ortho intramolecular Hbond substituents is 2. The number of benzene rings is 2. The van der Waals surface area contributed by atoms with Crippen LogP contribution in [0.4, 0.5) is 0 Å². The molecule has 3 amide bonds. The fraction of sp³-hybridized carbons (Fsp3) is 0.531. The molecular weight excluding hydrogens is 562 g/mol. The lowest BCUT2D eigenvalue weighted by Crippen LogP contribution is -2.58. The molecule has 44 heavy (non-hydrogen) atoms. The van der Waals surface area contributed by atoms with Gasteiger partial charge in [-0.05, 0) is 101 Å². The molecule has 1 aliphatic rings. The number of nitrogens with one attached hydrogen (secondary N) is 5. The number of phenols is 2. The summed E-state index contributed by atoms with van der Waals surface area (Å²) in [4.78, 5) is 45.2. The Bertz CT molecular complexity index is 1270. The van der Waals surface area contributed by atoms with Gasteiger partial charge >= 0.3 is 0 Å². The number of carbonyl (C=O) groups is 3. The van der Waals surface area contributed by atoms with Crippen LogP contribution >= 0.6 is 0 Å². The number of likely N-dealkylation sites (N-methyl/N-ethyl adjacent to an activating group) is 3. The van der Waals surface area contributed by atoms with Crippen molar-refractivity contribution in [3.63, 3.8) is 0 Å². The van der Waals surface area contributed by atoms with E-state index in [9.17, 15) is 24.6 Å². The van der Waals surface area contributed by atoms with Crippen LogP contribution in [-0.4, -0.2) is 124 Å². The second kappa shape index (κ2) is 17.0. The highest BCUT2D eigenvalue weighted by atomic mass is 16.3. The molecule has 2 aromatic rings. The molecule has 0 unspecified atom stereocenters. The number of aromatic hydroxyl groups is 2. The van der Waals surface area contributed by atoms with Gasteiger partial charge in [-0.25, -0.2) is 0 Å². The lowest BCUT2D eigenvalue weighted by Gasteiger charge is -2.30. The van der Waals surface area contributed by atoms with E-state index in [1.165, 1.54) is 0 Å². The van der Waals surface area contributed by atoms with Gasteiger partial charge in [-0.2, -0.15) is 0 Å². The smallest absolute Gasteiger partial charge is 0.245 e. The second-order valence-corrected chi connectivity index (χ2v) is 11.5. The SMILES string of the molecule is CNCCC[C@@H]1NC(=O)[C@@H](NC)Cc2cc(ccc2O)-c2ccc(O)c(c2)C[C@@H](C(=O)N(CCNC)CCN(C)C)NC1=O. The normalized spacial score (nSPS) is 19.1. The molecule has 7 N–H and O–H groups in total. The summed E-state index contributed by atoms with van der Waals surface area (Å²) in [5, 5.41) is 36.5. The van der Waals surface area contributed by atoms with Crippen LogP contribution in [0.5, 0.6) is 11.5 Å². The van der Waals surface area contributed by atoms with E-state index >= 15 is 0 Å². The Hall–Kier alpha value is -3.71. The molecule has 1 heterocycles. The van der Waals surface area contributed by atoms with Gasteiger partial charge in [-0.3, -0.25) is 14.4 Å². The molecular formula is C32H49N7O5. The zero-order valence-corrected chi connectivity index (χ0v) is 26.6. The molecule has 3 rings (SSSR count). The van der Waals surface area contributed by atoms with E-state index in [1.807, 2.05) is 39.2 Å². The maximum atomic E-state index is 14.1. The predicted molar refractivity (Wildman–Crippen MR) is 172 cm³/mol. The van der Waals surface area contributed by atoms with Crippen molar-refractivity contribution in [2.45, 2.75) is 43.8 Å². The van der Waals surface area contributed by atoms with Crippen molar-refractivity contribution in [1.29, 1.82) is 0 Å².